The van der Waals surface area contributed by atoms with Crippen LogP contribution in [0.3, 0.4) is 0 Å². The van der Waals surface area contributed by atoms with Crippen LogP contribution in [0.4, 0.5) is 5.69 Å². The molecule has 1 atom stereocenters. The van der Waals surface area contributed by atoms with Gasteiger partial charge in [-0.2, -0.15) is 0 Å². The second-order valence-corrected chi connectivity index (χ2v) is 7.51. The lowest BCUT2D eigenvalue weighted by Gasteiger charge is -2.22. The van der Waals surface area contributed by atoms with Gasteiger partial charge in [0.05, 0.1) is 21.3 Å². The van der Waals surface area contributed by atoms with Crippen molar-refractivity contribution in [3.05, 3.63) is 45.6 Å². The first-order chi connectivity index (χ1) is 9.63. The van der Waals surface area contributed by atoms with Crippen molar-refractivity contribution in [1.82, 2.24) is 4.98 Å². The molecule has 0 amide bonds. The lowest BCUT2D eigenvalue weighted by Crippen LogP contribution is -2.15. The van der Waals surface area contributed by atoms with Crippen LogP contribution in [0, 0.1) is 12.8 Å². The van der Waals surface area contributed by atoms with E-state index >= 15 is 0 Å². The lowest BCUT2D eigenvalue weighted by molar-refractivity contribution is 0.554. The highest BCUT2D eigenvalue weighted by molar-refractivity contribution is 7.18. The molecule has 0 spiro atoms. The Morgan fingerprint density at radius 1 is 1.20 bits per heavy atom. The fraction of sp³-hybridized carbons (Fsp3) is 0.312. The van der Waals surface area contributed by atoms with Crippen molar-refractivity contribution in [3.8, 4) is 0 Å². The SMILES string of the molecule is Cc1nc2ccc(NC(c3cccs3)C(C)C)cc2s1. The number of thiophene rings is 1. The molecule has 0 aliphatic heterocycles. The van der Waals surface area contributed by atoms with Crippen molar-refractivity contribution < 1.29 is 0 Å². The number of anilines is 1. The number of hydrogen-bond acceptors (Lipinski definition) is 4. The molecule has 2 aromatic heterocycles. The molecule has 2 heterocycles. The minimum atomic E-state index is 0.362. The van der Waals surface area contributed by atoms with Crippen LogP contribution in [-0.4, -0.2) is 4.98 Å². The largest absolute Gasteiger partial charge is 0.377 e. The summed E-state index contributed by atoms with van der Waals surface area (Å²) < 4.78 is 1.25. The van der Waals surface area contributed by atoms with Crippen LogP contribution in [0.25, 0.3) is 10.2 Å². The van der Waals surface area contributed by atoms with Gasteiger partial charge < -0.3 is 5.32 Å². The fourth-order valence-corrected chi connectivity index (χ4v) is 4.16. The minimum Gasteiger partial charge on any atom is -0.377 e. The second-order valence-electron chi connectivity index (χ2n) is 5.30. The van der Waals surface area contributed by atoms with Gasteiger partial charge in [-0.1, -0.05) is 19.9 Å². The van der Waals surface area contributed by atoms with Crippen LogP contribution in [0.1, 0.15) is 29.8 Å². The summed E-state index contributed by atoms with van der Waals surface area (Å²) in [5.74, 6) is 0.549. The highest BCUT2D eigenvalue weighted by Crippen LogP contribution is 2.31. The molecular weight excluding hydrogens is 284 g/mol. The summed E-state index contributed by atoms with van der Waals surface area (Å²) in [6, 6.07) is 11.1. The molecule has 1 N–H and O–H groups in total. The normalized spacial score (nSPS) is 13.0. The Labute approximate surface area is 127 Å². The number of nitrogens with one attached hydrogen (secondary N) is 1. The van der Waals surface area contributed by atoms with Gasteiger partial charge in [0.15, 0.2) is 0 Å². The molecule has 0 radical (unpaired) electrons. The third kappa shape index (κ3) is 2.72. The molecule has 104 valence electrons. The lowest BCUT2D eigenvalue weighted by atomic mass is 10.0. The Bertz CT molecular complexity index is 698. The summed E-state index contributed by atoms with van der Waals surface area (Å²) in [7, 11) is 0. The van der Waals surface area contributed by atoms with E-state index in [1.165, 1.54) is 15.3 Å². The van der Waals surface area contributed by atoms with Crippen LogP contribution in [0.2, 0.25) is 0 Å². The van der Waals surface area contributed by atoms with E-state index in [1.807, 2.05) is 11.3 Å². The quantitative estimate of drug-likeness (QED) is 0.690. The summed E-state index contributed by atoms with van der Waals surface area (Å²) in [4.78, 5) is 5.90. The monoisotopic (exact) mass is 302 g/mol. The molecule has 1 unspecified atom stereocenters. The first-order valence-electron chi connectivity index (χ1n) is 6.80. The third-order valence-corrected chi connectivity index (χ3v) is 5.22. The van der Waals surface area contributed by atoms with Crippen LogP contribution in [-0.2, 0) is 0 Å². The maximum Gasteiger partial charge on any atom is 0.0907 e. The number of aromatic nitrogens is 1. The Morgan fingerprint density at radius 3 is 2.75 bits per heavy atom. The Hall–Kier alpha value is -1.39. The van der Waals surface area contributed by atoms with Gasteiger partial charge in [0.25, 0.3) is 0 Å². The Morgan fingerprint density at radius 2 is 2.05 bits per heavy atom. The molecule has 0 aliphatic rings. The van der Waals surface area contributed by atoms with Crippen LogP contribution < -0.4 is 5.32 Å². The van der Waals surface area contributed by atoms with Gasteiger partial charge in [-0.3, -0.25) is 0 Å². The standard InChI is InChI=1S/C16H18N2S2/c1-10(2)16(14-5-4-8-19-14)18-12-6-7-13-15(9-12)20-11(3)17-13/h4-10,16,18H,1-3H3. The number of hydrogen-bond donors (Lipinski definition) is 1. The van der Waals surface area contributed by atoms with E-state index in [4.69, 9.17) is 0 Å². The first kappa shape index (κ1) is 13.6. The molecular formula is C16H18N2S2. The van der Waals surface area contributed by atoms with E-state index in [-0.39, 0.29) is 0 Å². The Kier molecular flexibility index (Phi) is 3.76. The number of fused-ring (bicyclic) bond motifs is 1. The van der Waals surface area contributed by atoms with E-state index < -0.39 is 0 Å². The fourth-order valence-electron chi connectivity index (χ4n) is 2.34. The number of rotatable bonds is 4. The van der Waals surface area contributed by atoms with E-state index in [0.29, 0.717) is 12.0 Å². The Balaban J connectivity index is 1.90. The maximum absolute atomic E-state index is 4.51. The van der Waals surface area contributed by atoms with Crippen LogP contribution in [0.15, 0.2) is 35.7 Å². The molecule has 20 heavy (non-hydrogen) atoms. The summed E-state index contributed by atoms with van der Waals surface area (Å²) in [6.45, 7) is 6.57. The molecule has 1 aromatic carbocycles. The van der Waals surface area contributed by atoms with Gasteiger partial charge >= 0.3 is 0 Å². The average molecular weight is 302 g/mol. The van der Waals surface area contributed by atoms with E-state index in [1.54, 1.807) is 11.3 Å². The zero-order chi connectivity index (χ0) is 14.1. The van der Waals surface area contributed by atoms with Crippen molar-refractivity contribution in [2.75, 3.05) is 5.32 Å². The van der Waals surface area contributed by atoms with Crippen molar-refractivity contribution >= 4 is 38.6 Å². The topological polar surface area (TPSA) is 24.9 Å². The van der Waals surface area contributed by atoms with E-state index in [9.17, 15) is 0 Å². The van der Waals surface area contributed by atoms with Gasteiger partial charge in [0.1, 0.15) is 0 Å². The highest BCUT2D eigenvalue weighted by atomic mass is 32.1. The molecule has 3 rings (SSSR count). The second kappa shape index (κ2) is 5.54. The smallest absolute Gasteiger partial charge is 0.0907 e. The average Bonchev–Trinajstić information content (AvgIpc) is 3.02. The molecule has 0 saturated carbocycles. The number of benzene rings is 1. The third-order valence-electron chi connectivity index (χ3n) is 3.33. The molecule has 0 fully saturated rings. The number of aryl methyl sites for hydroxylation is 1. The van der Waals surface area contributed by atoms with Gasteiger partial charge in [-0.05, 0) is 42.5 Å². The summed E-state index contributed by atoms with van der Waals surface area (Å²) >= 11 is 3.56. The predicted octanol–water partition coefficient (Wildman–Crippen LogP) is 5.48. The van der Waals surface area contributed by atoms with Crippen molar-refractivity contribution in [2.45, 2.75) is 26.8 Å². The number of nitrogens with zero attached hydrogens (tertiary/aromatic N) is 1. The zero-order valence-corrected chi connectivity index (χ0v) is 13.5. The summed E-state index contributed by atoms with van der Waals surface area (Å²) in [5.41, 5.74) is 2.27. The molecule has 2 nitrogen and oxygen atoms in total. The highest BCUT2D eigenvalue weighted by Gasteiger charge is 2.16. The van der Waals surface area contributed by atoms with Gasteiger partial charge in [0.2, 0.25) is 0 Å². The predicted molar refractivity (Wildman–Crippen MR) is 89.9 cm³/mol. The van der Waals surface area contributed by atoms with E-state index in [2.05, 4.69) is 66.8 Å². The zero-order valence-electron chi connectivity index (χ0n) is 11.9. The van der Waals surface area contributed by atoms with Gasteiger partial charge in [0, 0.05) is 10.6 Å². The van der Waals surface area contributed by atoms with Crippen LogP contribution in [0.5, 0.6) is 0 Å². The minimum absolute atomic E-state index is 0.362. The molecule has 0 saturated heterocycles. The molecule has 0 aliphatic carbocycles. The molecule has 0 bridgehead atoms. The van der Waals surface area contributed by atoms with E-state index in [0.717, 1.165) is 10.5 Å². The van der Waals surface area contributed by atoms with Gasteiger partial charge in [-0.15, -0.1) is 22.7 Å². The van der Waals surface area contributed by atoms with Crippen molar-refractivity contribution in [3.63, 3.8) is 0 Å². The summed E-state index contributed by atoms with van der Waals surface area (Å²) in [5, 5.41) is 6.93. The van der Waals surface area contributed by atoms with Crippen LogP contribution >= 0.6 is 22.7 Å². The first-order valence-corrected chi connectivity index (χ1v) is 8.50. The molecule has 4 heteroatoms. The number of thiazole rings is 1. The maximum atomic E-state index is 4.51. The van der Waals surface area contributed by atoms with Crippen molar-refractivity contribution in [1.29, 1.82) is 0 Å². The van der Waals surface area contributed by atoms with Gasteiger partial charge in [-0.25, -0.2) is 4.98 Å². The van der Waals surface area contributed by atoms with Crippen molar-refractivity contribution in [2.24, 2.45) is 5.92 Å². The molecule has 3 aromatic rings. The summed E-state index contributed by atoms with van der Waals surface area (Å²) in [6.07, 6.45) is 0.